The zero-order chi connectivity index (χ0) is 9.80. The number of rotatable bonds is 3. The van der Waals surface area contributed by atoms with Gasteiger partial charge in [-0.25, -0.2) is 0 Å². The predicted octanol–water partition coefficient (Wildman–Crippen LogP) is 3.11. The van der Waals surface area contributed by atoms with Crippen LogP contribution in [0.5, 0.6) is 0 Å². The summed E-state index contributed by atoms with van der Waals surface area (Å²) < 4.78 is 0. The van der Waals surface area contributed by atoms with Gasteiger partial charge in [0.2, 0.25) is 0 Å². The third-order valence-electron chi connectivity index (χ3n) is 2.45. The number of hydrogen-bond acceptors (Lipinski definition) is 1. The SMILES string of the molecule is [N-]=[N+]=NCC=Cc1ccc2c(c1)CC2. The van der Waals surface area contributed by atoms with E-state index >= 15 is 0 Å². The van der Waals surface area contributed by atoms with E-state index in [1.165, 1.54) is 29.5 Å². The lowest BCUT2D eigenvalue weighted by molar-refractivity contribution is 0.839. The summed E-state index contributed by atoms with van der Waals surface area (Å²) in [6.07, 6.45) is 6.29. The fraction of sp³-hybridized carbons (Fsp3) is 0.273. The fourth-order valence-corrected chi connectivity index (χ4v) is 1.59. The molecular weight excluding hydrogens is 174 g/mol. The van der Waals surface area contributed by atoms with Crippen LogP contribution in [0.4, 0.5) is 0 Å². The topological polar surface area (TPSA) is 48.8 Å². The van der Waals surface area contributed by atoms with Gasteiger partial charge in [-0.2, -0.15) is 0 Å². The molecular formula is C11H11N3. The molecule has 0 radical (unpaired) electrons. The van der Waals surface area contributed by atoms with Gasteiger partial charge < -0.3 is 0 Å². The molecule has 1 aliphatic carbocycles. The van der Waals surface area contributed by atoms with Crippen molar-refractivity contribution in [3.63, 3.8) is 0 Å². The zero-order valence-electron chi connectivity index (χ0n) is 7.85. The number of hydrogen-bond donors (Lipinski definition) is 0. The summed E-state index contributed by atoms with van der Waals surface area (Å²) in [6, 6.07) is 6.47. The van der Waals surface area contributed by atoms with Crippen LogP contribution in [-0.2, 0) is 12.8 Å². The highest BCUT2D eigenvalue weighted by Crippen LogP contribution is 2.23. The van der Waals surface area contributed by atoms with E-state index in [1.54, 1.807) is 0 Å². The molecule has 3 heteroatoms. The maximum atomic E-state index is 8.08. The average molecular weight is 185 g/mol. The van der Waals surface area contributed by atoms with Crippen LogP contribution in [0, 0.1) is 0 Å². The number of fused-ring (bicyclic) bond motifs is 1. The molecule has 1 aliphatic rings. The lowest BCUT2D eigenvalue weighted by Crippen LogP contribution is -2.07. The number of azide groups is 1. The maximum absolute atomic E-state index is 8.08. The Balaban J connectivity index is 2.06. The molecule has 70 valence electrons. The molecule has 14 heavy (non-hydrogen) atoms. The molecule has 1 aromatic rings. The largest absolute Gasteiger partial charge is 0.0899 e. The van der Waals surface area contributed by atoms with Crippen molar-refractivity contribution in [3.05, 3.63) is 51.4 Å². The van der Waals surface area contributed by atoms with Gasteiger partial charge in [0.25, 0.3) is 0 Å². The average Bonchev–Trinajstić information content (AvgIpc) is 2.16. The zero-order valence-corrected chi connectivity index (χ0v) is 7.85. The van der Waals surface area contributed by atoms with Gasteiger partial charge in [0.1, 0.15) is 0 Å². The highest BCUT2D eigenvalue weighted by molar-refractivity contribution is 5.53. The van der Waals surface area contributed by atoms with Gasteiger partial charge in [0.05, 0.1) is 0 Å². The monoisotopic (exact) mass is 185 g/mol. The van der Waals surface area contributed by atoms with Gasteiger partial charge in [-0.15, -0.1) is 0 Å². The first-order valence-electron chi connectivity index (χ1n) is 4.69. The fourth-order valence-electron chi connectivity index (χ4n) is 1.59. The number of benzene rings is 1. The van der Waals surface area contributed by atoms with Crippen molar-refractivity contribution in [1.82, 2.24) is 0 Å². The van der Waals surface area contributed by atoms with Crippen LogP contribution in [-0.4, -0.2) is 6.54 Å². The predicted molar refractivity (Wildman–Crippen MR) is 56.9 cm³/mol. The Morgan fingerprint density at radius 3 is 2.86 bits per heavy atom. The summed E-state index contributed by atoms with van der Waals surface area (Å²) >= 11 is 0. The third kappa shape index (κ3) is 1.78. The second kappa shape index (κ2) is 3.99. The Morgan fingerprint density at radius 1 is 1.36 bits per heavy atom. The molecule has 0 atom stereocenters. The smallest absolute Gasteiger partial charge is 0.0443 e. The van der Waals surface area contributed by atoms with E-state index in [-0.39, 0.29) is 0 Å². The van der Waals surface area contributed by atoms with Crippen LogP contribution >= 0.6 is 0 Å². The second-order valence-electron chi connectivity index (χ2n) is 3.34. The minimum Gasteiger partial charge on any atom is -0.0899 e. The Kier molecular flexibility index (Phi) is 2.52. The van der Waals surface area contributed by atoms with Crippen molar-refractivity contribution >= 4 is 6.08 Å². The van der Waals surface area contributed by atoms with Gasteiger partial charge in [0, 0.05) is 11.5 Å². The highest BCUT2D eigenvalue weighted by atomic mass is 15.1. The summed E-state index contributed by atoms with van der Waals surface area (Å²) in [4.78, 5) is 2.68. The lowest BCUT2D eigenvalue weighted by Gasteiger charge is -2.18. The van der Waals surface area contributed by atoms with E-state index in [1.807, 2.05) is 12.2 Å². The molecule has 3 nitrogen and oxygen atoms in total. The summed E-state index contributed by atoms with van der Waals surface area (Å²) in [5, 5.41) is 3.43. The van der Waals surface area contributed by atoms with Gasteiger partial charge in [0.15, 0.2) is 0 Å². The van der Waals surface area contributed by atoms with Crippen molar-refractivity contribution in [2.45, 2.75) is 12.8 Å². The molecule has 0 N–H and O–H groups in total. The first kappa shape index (κ1) is 8.85. The van der Waals surface area contributed by atoms with E-state index in [2.05, 4.69) is 28.2 Å². The lowest BCUT2D eigenvalue weighted by atomic mass is 9.87. The molecule has 2 rings (SSSR count). The van der Waals surface area contributed by atoms with Gasteiger partial charge in [-0.05, 0) is 35.1 Å². The molecule has 0 saturated heterocycles. The Bertz CT molecular complexity index is 415. The Labute approximate surface area is 82.7 Å². The highest BCUT2D eigenvalue weighted by Gasteiger charge is 2.11. The Hall–Kier alpha value is -1.73. The molecule has 0 aromatic heterocycles. The van der Waals surface area contributed by atoms with Crippen molar-refractivity contribution in [2.75, 3.05) is 6.54 Å². The summed E-state index contributed by atoms with van der Waals surface area (Å²) in [5.74, 6) is 0. The Morgan fingerprint density at radius 2 is 2.21 bits per heavy atom. The van der Waals surface area contributed by atoms with Gasteiger partial charge >= 0.3 is 0 Å². The summed E-state index contributed by atoms with van der Waals surface area (Å²) in [5.41, 5.74) is 12.2. The van der Waals surface area contributed by atoms with Crippen LogP contribution in [0.2, 0.25) is 0 Å². The molecule has 0 bridgehead atoms. The van der Waals surface area contributed by atoms with Crippen LogP contribution in [0.3, 0.4) is 0 Å². The van der Waals surface area contributed by atoms with E-state index in [0.717, 1.165) is 0 Å². The third-order valence-corrected chi connectivity index (χ3v) is 2.45. The van der Waals surface area contributed by atoms with Crippen LogP contribution in [0.25, 0.3) is 16.5 Å². The second-order valence-corrected chi connectivity index (χ2v) is 3.34. The minimum absolute atomic E-state index is 0.424. The first-order valence-corrected chi connectivity index (χ1v) is 4.69. The maximum Gasteiger partial charge on any atom is 0.0443 e. The van der Waals surface area contributed by atoms with Crippen LogP contribution in [0.15, 0.2) is 29.4 Å². The quantitative estimate of drug-likeness (QED) is 0.394. The normalized spacial score (nSPS) is 13.1. The molecule has 0 heterocycles. The summed E-state index contributed by atoms with van der Waals surface area (Å²) in [7, 11) is 0. The van der Waals surface area contributed by atoms with Crippen LogP contribution in [0.1, 0.15) is 16.7 Å². The van der Waals surface area contributed by atoms with E-state index in [0.29, 0.717) is 6.54 Å². The molecule has 1 aromatic carbocycles. The molecule has 0 spiro atoms. The standard InChI is InChI=1S/C11H11N3/c12-14-13-7-1-2-9-3-4-10-5-6-11(10)8-9/h1-4,8H,5-7H2. The van der Waals surface area contributed by atoms with Gasteiger partial charge in [-0.3, -0.25) is 0 Å². The van der Waals surface area contributed by atoms with E-state index in [9.17, 15) is 0 Å². The molecule has 0 fully saturated rings. The summed E-state index contributed by atoms with van der Waals surface area (Å²) in [6.45, 7) is 0.424. The minimum atomic E-state index is 0.424. The van der Waals surface area contributed by atoms with Crippen molar-refractivity contribution < 1.29 is 0 Å². The number of aryl methyl sites for hydroxylation is 2. The van der Waals surface area contributed by atoms with E-state index < -0.39 is 0 Å². The van der Waals surface area contributed by atoms with Gasteiger partial charge in [-0.1, -0.05) is 35.5 Å². The molecule has 0 aliphatic heterocycles. The first-order chi connectivity index (χ1) is 6.90. The molecule has 0 unspecified atom stereocenters. The molecule has 0 saturated carbocycles. The van der Waals surface area contributed by atoms with Crippen molar-refractivity contribution in [3.8, 4) is 0 Å². The van der Waals surface area contributed by atoms with Crippen molar-refractivity contribution in [2.24, 2.45) is 5.11 Å². The number of nitrogens with zero attached hydrogens (tertiary/aromatic N) is 3. The van der Waals surface area contributed by atoms with Crippen molar-refractivity contribution in [1.29, 1.82) is 0 Å². The van der Waals surface area contributed by atoms with E-state index in [4.69, 9.17) is 5.53 Å². The van der Waals surface area contributed by atoms with Crippen LogP contribution < -0.4 is 0 Å². The molecule has 0 amide bonds.